The van der Waals surface area contributed by atoms with Gasteiger partial charge in [-0.05, 0) is 51.1 Å². The lowest BCUT2D eigenvalue weighted by molar-refractivity contribution is -0.322. The molecule has 0 unspecified atom stereocenters. The molecule has 2 fully saturated rings. The first-order valence-corrected chi connectivity index (χ1v) is 25.1. The van der Waals surface area contributed by atoms with Crippen LogP contribution in [0.5, 0.6) is 0 Å². The van der Waals surface area contributed by atoms with Crippen LogP contribution in [0, 0.1) is 0 Å². The van der Waals surface area contributed by atoms with Gasteiger partial charge in [-0.15, -0.1) is 6.58 Å². The van der Waals surface area contributed by atoms with E-state index in [1.807, 2.05) is 78.9 Å². The Labute approximate surface area is 343 Å². The van der Waals surface area contributed by atoms with Crippen LogP contribution in [-0.4, -0.2) is 65.3 Å². The Bertz CT molecular complexity index is 1870. The second-order valence-electron chi connectivity index (χ2n) is 18.1. The number of carbonyl (C=O) groups is 1. The summed E-state index contributed by atoms with van der Waals surface area (Å²) in [5.41, 5.74) is 0.348. The Morgan fingerprint density at radius 2 is 1.16 bits per heavy atom. The van der Waals surface area contributed by atoms with Crippen molar-refractivity contribution in [2.75, 3.05) is 13.2 Å². The molecule has 0 saturated carbocycles. The van der Waals surface area contributed by atoms with Gasteiger partial charge >= 0.3 is 0 Å². The van der Waals surface area contributed by atoms with Crippen LogP contribution >= 0.6 is 0 Å². The monoisotopic (exact) mass is 806 g/mol. The van der Waals surface area contributed by atoms with Gasteiger partial charge in [-0.3, -0.25) is 4.79 Å². The molecule has 57 heavy (non-hydrogen) atoms. The quantitative estimate of drug-likeness (QED) is 0.0779. The van der Waals surface area contributed by atoms with Gasteiger partial charge in [0.2, 0.25) is 5.78 Å². The fourth-order valence-electron chi connectivity index (χ4n) is 8.03. The lowest BCUT2D eigenvalue weighted by atomic mass is 9.88. The number of ether oxygens (including phenoxy) is 4. The summed E-state index contributed by atoms with van der Waals surface area (Å²) in [6.07, 6.45) is 0.166. The zero-order valence-corrected chi connectivity index (χ0v) is 37.2. The molecule has 2 aliphatic heterocycles. The molecule has 2 aliphatic rings. The third-order valence-corrected chi connectivity index (χ3v) is 21.6. The lowest BCUT2D eigenvalue weighted by Gasteiger charge is -2.48. The van der Waals surface area contributed by atoms with Crippen molar-refractivity contribution in [3.05, 3.63) is 145 Å². The van der Waals surface area contributed by atoms with Gasteiger partial charge in [0.25, 0.3) is 8.32 Å². The van der Waals surface area contributed by atoms with Crippen molar-refractivity contribution < 1.29 is 32.6 Å². The van der Waals surface area contributed by atoms with Crippen molar-refractivity contribution in [1.82, 2.24) is 0 Å². The van der Waals surface area contributed by atoms with Crippen molar-refractivity contribution in [2.24, 2.45) is 0 Å². The van der Waals surface area contributed by atoms with Gasteiger partial charge in [-0.2, -0.15) is 0 Å². The predicted octanol–water partition coefficient (Wildman–Crippen LogP) is 9.16. The molecule has 0 amide bonds. The minimum atomic E-state index is -3.17. The molecule has 7 nitrogen and oxygen atoms in total. The molecule has 9 heteroatoms. The van der Waals surface area contributed by atoms with E-state index in [0.29, 0.717) is 12.8 Å². The Kier molecular flexibility index (Phi) is 13.1. The van der Waals surface area contributed by atoms with Gasteiger partial charge in [0, 0.05) is 6.42 Å². The van der Waals surface area contributed by atoms with E-state index in [1.165, 1.54) is 0 Å². The molecule has 0 aromatic heterocycles. The summed E-state index contributed by atoms with van der Waals surface area (Å²) in [5.74, 6) is -1.62. The highest BCUT2D eigenvalue weighted by Crippen LogP contribution is 2.52. The van der Waals surface area contributed by atoms with Crippen LogP contribution in [0.3, 0.4) is 0 Å². The van der Waals surface area contributed by atoms with E-state index >= 15 is 4.79 Å². The Morgan fingerprint density at radius 1 is 0.684 bits per heavy atom. The molecule has 4 aromatic rings. The number of Topliss-reactive ketones (excluding diaryl/α,β-unsaturated/α-hetero) is 1. The van der Waals surface area contributed by atoms with Crippen LogP contribution in [0.15, 0.2) is 134 Å². The molecule has 6 rings (SSSR count). The van der Waals surface area contributed by atoms with Crippen molar-refractivity contribution in [3.8, 4) is 0 Å². The van der Waals surface area contributed by atoms with E-state index in [2.05, 4.69) is 110 Å². The van der Waals surface area contributed by atoms with Crippen LogP contribution in [-0.2, 0) is 45.8 Å². The topological polar surface area (TPSA) is 72.5 Å². The first-order valence-electron chi connectivity index (χ1n) is 20.3. The maximum absolute atomic E-state index is 15.6. The molecule has 0 aliphatic carbocycles. The van der Waals surface area contributed by atoms with Gasteiger partial charge in [0.15, 0.2) is 19.7 Å². The summed E-state index contributed by atoms with van der Waals surface area (Å²) >= 11 is 0. The van der Waals surface area contributed by atoms with Gasteiger partial charge in [-0.1, -0.05) is 169 Å². The largest absolute Gasteiger partial charge is 0.414 e. The van der Waals surface area contributed by atoms with Crippen molar-refractivity contribution >= 4 is 32.8 Å². The number of carbonyl (C=O) groups excluding carboxylic acids is 1. The molecular formula is C48H62O7Si2. The summed E-state index contributed by atoms with van der Waals surface area (Å²) < 4.78 is 42.7. The summed E-state index contributed by atoms with van der Waals surface area (Å²) in [7, 11) is -5.48. The summed E-state index contributed by atoms with van der Waals surface area (Å²) in [6, 6.07) is 41.0. The van der Waals surface area contributed by atoms with E-state index in [-0.39, 0.29) is 42.3 Å². The third-order valence-electron chi connectivity index (χ3n) is 12.1. The van der Waals surface area contributed by atoms with Gasteiger partial charge in [0.1, 0.15) is 18.3 Å². The van der Waals surface area contributed by atoms with E-state index < -0.39 is 46.3 Å². The first-order chi connectivity index (χ1) is 27.1. The second kappa shape index (κ2) is 17.4. The minimum Gasteiger partial charge on any atom is -0.414 e. The fraction of sp³-hybridized carbons (Fsp3) is 0.438. The summed E-state index contributed by atoms with van der Waals surface area (Å²) in [6.45, 7) is 22.3. The number of benzene rings is 4. The Balaban J connectivity index is 1.52. The predicted molar refractivity (Wildman–Crippen MR) is 233 cm³/mol. The van der Waals surface area contributed by atoms with Crippen LogP contribution in [0.2, 0.25) is 23.2 Å². The third kappa shape index (κ3) is 8.77. The Hall–Kier alpha value is -3.52. The second-order valence-corrected chi connectivity index (χ2v) is 27.2. The van der Waals surface area contributed by atoms with E-state index in [4.69, 9.17) is 27.8 Å². The molecule has 2 saturated heterocycles. The maximum Gasteiger partial charge on any atom is 0.261 e. The highest BCUT2D eigenvalue weighted by Gasteiger charge is 2.73. The smallest absolute Gasteiger partial charge is 0.261 e. The first kappa shape index (κ1) is 43.1. The number of rotatable bonds is 17. The standard InChI is InChI=1S/C48H62O7Si2/c1-10-11-32-48-44(51-34-38-26-18-13-19-27-38)43(50-33-37-24-16-12-17-25-37)47(55-48,42(49)41(54-48)35-52-56(8,9)45(2,3)4)36-53-57(46(5,6)7,39-28-20-14-21-29-39)40-30-22-15-23-31-40/h10,12-31,41,43-44H,1,11,32-36H2,2-9H3/t41-,43-,44-,47+,48+/m1/s1. The normalized spacial score (nSPS) is 24.1. The van der Waals surface area contributed by atoms with Gasteiger partial charge in [0.05, 0.1) is 26.4 Å². The number of ketones is 1. The number of fused-ring (bicyclic) bond motifs is 2. The maximum atomic E-state index is 15.6. The summed E-state index contributed by atoms with van der Waals surface area (Å²) in [4.78, 5) is 15.6. The number of hydrogen-bond donors (Lipinski definition) is 0. The SMILES string of the molecule is C=CCC[C@]12O[C@H](CO[Si](C)(C)C(C)(C)C)C(=O)[C@](CO[Si](c3ccccc3)(c3ccccc3)C(C)(C)C)(O1)[C@H](OCc1ccccc1)[C@H]2OCc1ccccc1. The minimum absolute atomic E-state index is 0.0699. The number of hydrogen-bond acceptors (Lipinski definition) is 7. The molecule has 304 valence electrons. The average Bonchev–Trinajstić information content (AvgIpc) is 3.42. The molecule has 2 heterocycles. The average molecular weight is 807 g/mol. The number of allylic oxidation sites excluding steroid dienone is 1. The van der Waals surface area contributed by atoms with E-state index in [1.54, 1.807) is 0 Å². The zero-order valence-electron chi connectivity index (χ0n) is 35.2. The van der Waals surface area contributed by atoms with E-state index in [9.17, 15) is 0 Å². The molecule has 0 spiro atoms. The molecule has 2 bridgehead atoms. The molecule has 0 radical (unpaired) electrons. The Morgan fingerprint density at radius 3 is 1.61 bits per heavy atom. The summed E-state index contributed by atoms with van der Waals surface area (Å²) in [5, 5.41) is 1.78. The fourth-order valence-corrected chi connectivity index (χ4v) is 13.6. The lowest BCUT2D eigenvalue weighted by Crippen LogP contribution is -2.70. The molecule has 5 atom stereocenters. The highest BCUT2D eigenvalue weighted by molar-refractivity contribution is 6.99. The zero-order chi connectivity index (χ0) is 41.0. The van der Waals surface area contributed by atoms with E-state index in [0.717, 1.165) is 21.5 Å². The van der Waals surface area contributed by atoms with Crippen molar-refractivity contribution in [3.63, 3.8) is 0 Å². The highest BCUT2D eigenvalue weighted by atomic mass is 28.4. The van der Waals surface area contributed by atoms with Gasteiger partial charge in [-0.25, -0.2) is 0 Å². The van der Waals surface area contributed by atoms with Crippen LogP contribution in [0.1, 0.15) is 65.5 Å². The molecule has 4 aromatic carbocycles. The van der Waals surface area contributed by atoms with Crippen molar-refractivity contribution in [2.45, 2.75) is 120 Å². The van der Waals surface area contributed by atoms with Crippen molar-refractivity contribution in [1.29, 1.82) is 0 Å². The van der Waals surface area contributed by atoms with Crippen LogP contribution in [0.25, 0.3) is 0 Å². The molecule has 0 N–H and O–H groups in total. The molecular weight excluding hydrogens is 745 g/mol. The van der Waals surface area contributed by atoms with Crippen LogP contribution in [0.4, 0.5) is 0 Å². The van der Waals surface area contributed by atoms with Gasteiger partial charge < -0.3 is 27.8 Å². The van der Waals surface area contributed by atoms with Crippen LogP contribution < -0.4 is 10.4 Å².